The second-order valence-electron chi connectivity index (χ2n) is 4.31. The fraction of sp³-hybridized carbons (Fsp3) is 0.167. The average Bonchev–Trinajstić information content (AvgIpc) is 2.70. The van der Waals surface area contributed by atoms with Crippen molar-refractivity contribution in [2.24, 2.45) is 0 Å². The van der Waals surface area contributed by atoms with Crippen molar-refractivity contribution in [3.63, 3.8) is 0 Å². The minimum Gasteiger partial charge on any atom is -0.358 e. The maximum atomic E-state index is 13.6. The molecule has 0 spiro atoms. The number of amides is 1. The summed E-state index contributed by atoms with van der Waals surface area (Å²) in [6.45, 7) is 1.31. The summed E-state index contributed by atoms with van der Waals surface area (Å²) in [6, 6.07) is 4.21. The van der Waals surface area contributed by atoms with Crippen LogP contribution in [0.2, 0.25) is 0 Å². The highest BCUT2D eigenvalue weighted by Gasteiger charge is 2.24. The number of anilines is 1. The van der Waals surface area contributed by atoms with Crippen LogP contribution in [0.15, 0.2) is 27.1 Å². The van der Waals surface area contributed by atoms with E-state index in [1.54, 1.807) is 13.0 Å². The average molecular weight is 436 g/mol. The Balaban J connectivity index is 2.16. The Morgan fingerprint density at radius 1 is 1.50 bits per heavy atom. The summed E-state index contributed by atoms with van der Waals surface area (Å²) in [5.41, 5.74) is 0.449. The van der Waals surface area contributed by atoms with E-state index in [-0.39, 0.29) is 22.5 Å². The van der Waals surface area contributed by atoms with E-state index in [1.165, 1.54) is 16.8 Å². The van der Waals surface area contributed by atoms with E-state index in [0.29, 0.717) is 10.2 Å². The lowest BCUT2D eigenvalue weighted by Crippen LogP contribution is -2.21. The third-order valence-electron chi connectivity index (χ3n) is 2.79. The van der Waals surface area contributed by atoms with Crippen LogP contribution in [-0.2, 0) is 11.3 Å². The van der Waals surface area contributed by atoms with Gasteiger partial charge in [-0.05, 0) is 46.0 Å². The Bertz CT molecular complexity index is 763. The second kappa shape index (κ2) is 6.53. The molecule has 0 saturated heterocycles. The first-order valence-electron chi connectivity index (χ1n) is 5.91. The number of carbonyl (C=O) groups is 1. The first-order chi connectivity index (χ1) is 10.3. The smallest absolute Gasteiger partial charge is 0.358 e. The predicted molar refractivity (Wildman–Crippen MR) is 84.0 cm³/mol. The zero-order chi connectivity index (χ0) is 16.4. The lowest BCUT2D eigenvalue weighted by molar-refractivity contribution is -0.390. The summed E-state index contributed by atoms with van der Waals surface area (Å²) in [5.74, 6) is -1.51. The van der Waals surface area contributed by atoms with E-state index in [2.05, 4.69) is 42.3 Å². The zero-order valence-corrected chi connectivity index (χ0v) is 14.3. The molecule has 7 nitrogen and oxygen atoms in total. The van der Waals surface area contributed by atoms with Crippen LogP contribution in [0.3, 0.4) is 0 Å². The normalized spacial score (nSPS) is 10.5. The Kier molecular flexibility index (Phi) is 4.91. The summed E-state index contributed by atoms with van der Waals surface area (Å²) >= 11 is 6.17. The third kappa shape index (κ3) is 3.50. The van der Waals surface area contributed by atoms with Gasteiger partial charge in [-0.15, -0.1) is 0 Å². The molecule has 0 unspecified atom stereocenters. The van der Waals surface area contributed by atoms with Gasteiger partial charge < -0.3 is 15.4 Å². The van der Waals surface area contributed by atoms with Crippen molar-refractivity contribution in [2.45, 2.75) is 13.5 Å². The molecule has 10 heteroatoms. The minimum atomic E-state index is -0.653. The van der Waals surface area contributed by atoms with Crippen LogP contribution < -0.4 is 5.32 Å². The molecule has 0 aliphatic heterocycles. The highest BCUT2D eigenvalue weighted by molar-refractivity contribution is 9.10. The van der Waals surface area contributed by atoms with Crippen molar-refractivity contribution < 1.29 is 14.1 Å². The summed E-state index contributed by atoms with van der Waals surface area (Å²) in [4.78, 5) is 22.1. The fourth-order valence-electron chi connectivity index (χ4n) is 1.70. The number of benzene rings is 1. The highest BCUT2D eigenvalue weighted by Crippen LogP contribution is 2.27. The number of aromatic nitrogens is 2. The molecule has 0 fully saturated rings. The van der Waals surface area contributed by atoms with Crippen molar-refractivity contribution >= 4 is 49.3 Å². The molecule has 1 aromatic carbocycles. The van der Waals surface area contributed by atoms with E-state index in [4.69, 9.17) is 0 Å². The number of nitro groups is 1. The van der Waals surface area contributed by atoms with Crippen LogP contribution in [-0.4, -0.2) is 20.6 Å². The lowest BCUT2D eigenvalue weighted by atomic mass is 10.3. The lowest BCUT2D eigenvalue weighted by Gasteiger charge is -2.06. The van der Waals surface area contributed by atoms with Crippen LogP contribution >= 0.6 is 31.9 Å². The number of hydrogen-bond donors (Lipinski definition) is 1. The molecule has 22 heavy (non-hydrogen) atoms. The first-order valence-corrected chi connectivity index (χ1v) is 7.50. The zero-order valence-electron chi connectivity index (χ0n) is 11.1. The molecule has 0 saturated carbocycles. The molecular formula is C12H9Br2FN4O3. The maximum Gasteiger partial charge on any atom is 0.404 e. The van der Waals surface area contributed by atoms with Gasteiger partial charge in [0.2, 0.25) is 5.91 Å². The molecule has 0 atom stereocenters. The van der Waals surface area contributed by atoms with Crippen LogP contribution in [0.25, 0.3) is 0 Å². The standard InChI is InChI=1S/C12H9Br2FN4O3/c1-6-11(14)12(19(21)22)17-18(6)5-10(20)16-9-3-2-7(13)4-8(9)15/h2-4H,5H2,1H3,(H,16,20). The van der Waals surface area contributed by atoms with Gasteiger partial charge in [0.05, 0.1) is 16.5 Å². The van der Waals surface area contributed by atoms with Crippen molar-refractivity contribution in [1.82, 2.24) is 9.78 Å². The molecule has 1 N–H and O–H groups in total. The highest BCUT2D eigenvalue weighted by atomic mass is 79.9. The molecule has 0 radical (unpaired) electrons. The van der Waals surface area contributed by atoms with Gasteiger partial charge in [-0.25, -0.2) is 4.39 Å². The van der Waals surface area contributed by atoms with Crippen molar-refractivity contribution in [3.8, 4) is 0 Å². The summed E-state index contributed by atoms with van der Waals surface area (Å²) in [7, 11) is 0. The number of halogens is 3. The van der Waals surface area contributed by atoms with Gasteiger partial charge in [0.1, 0.15) is 16.8 Å². The van der Waals surface area contributed by atoms with Gasteiger partial charge in [0.15, 0.2) is 0 Å². The van der Waals surface area contributed by atoms with Gasteiger partial charge in [-0.2, -0.15) is 4.68 Å². The topological polar surface area (TPSA) is 90.1 Å². The van der Waals surface area contributed by atoms with E-state index in [9.17, 15) is 19.3 Å². The van der Waals surface area contributed by atoms with Gasteiger partial charge in [0.25, 0.3) is 0 Å². The monoisotopic (exact) mass is 434 g/mol. The third-order valence-corrected chi connectivity index (χ3v) is 4.21. The Labute approximate surface area is 140 Å². The predicted octanol–water partition coefficient (Wildman–Crippen LogP) is 3.40. The minimum absolute atomic E-state index is 0.0200. The van der Waals surface area contributed by atoms with E-state index < -0.39 is 16.6 Å². The molecule has 2 aromatic rings. The van der Waals surface area contributed by atoms with Crippen LogP contribution in [0.1, 0.15) is 5.69 Å². The number of nitrogens with one attached hydrogen (secondary N) is 1. The summed E-state index contributed by atoms with van der Waals surface area (Å²) in [5, 5.41) is 16.9. The summed E-state index contributed by atoms with van der Waals surface area (Å²) in [6.07, 6.45) is 0. The van der Waals surface area contributed by atoms with E-state index >= 15 is 0 Å². The molecule has 0 aliphatic rings. The molecule has 1 aromatic heterocycles. The number of rotatable bonds is 4. The van der Waals surface area contributed by atoms with Gasteiger partial charge >= 0.3 is 5.82 Å². The van der Waals surface area contributed by atoms with Gasteiger partial charge in [-0.1, -0.05) is 15.9 Å². The maximum absolute atomic E-state index is 13.6. The first kappa shape index (κ1) is 16.6. The largest absolute Gasteiger partial charge is 0.404 e. The molecule has 1 heterocycles. The quantitative estimate of drug-likeness (QED) is 0.588. The van der Waals surface area contributed by atoms with Gasteiger partial charge in [0, 0.05) is 4.47 Å². The number of hydrogen-bond acceptors (Lipinski definition) is 4. The van der Waals surface area contributed by atoms with E-state index in [0.717, 1.165) is 0 Å². The number of nitrogens with zero attached hydrogens (tertiary/aromatic N) is 3. The molecule has 0 bridgehead atoms. The number of carbonyl (C=O) groups excluding carboxylic acids is 1. The van der Waals surface area contributed by atoms with Crippen molar-refractivity contribution in [1.29, 1.82) is 0 Å². The van der Waals surface area contributed by atoms with Crippen LogP contribution in [0.4, 0.5) is 15.9 Å². The molecule has 0 aliphatic carbocycles. The van der Waals surface area contributed by atoms with Crippen molar-refractivity contribution in [3.05, 3.63) is 48.8 Å². The Morgan fingerprint density at radius 2 is 2.18 bits per heavy atom. The second-order valence-corrected chi connectivity index (χ2v) is 6.02. The molecule has 2 rings (SSSR count). The summed E-state index contributed by atoms with van der Waals surface area (Å²) < 4.78 is 15.6. The fourth-order valence-corrected chi connectivity index (χ4v) is 2.46. The van der Waals surface area contributed by atoms with Gasteiger partial charge in [-0.3, -0.25) is 4.79 Å². The van der Waals surface area contributed by atoms with Crippen LogP contribution in [0, 0.1) is 22.9 Å². The van der Waals surface area contributed by atoms with Crippen LogP contribution in [0.5, 0.6) is 0 Å². The van der Waals surface area contributed by atoms with Crippen molar-refractivity contribution in [2.75, 3.05) is 5.32 Å². The SMILES string of the molecule is Cc1c(Br)c([N+](=O)[O-])nn1CC(=O)Nc1ccc(Br)cc1F. The molecule has 1 amide bonds. The molecular weight excluding hydrogens is 427 g/mol. The van der Waals surface area contributed by atoms with E-state index in [1.807, 2.05) is 0 Å². The Morgan fingerprint density at radius 3 is 2.73 bits per heavy atom. The molecule has 116 valence electrons. The Hall–Kier alpha value is -1.81.